The summed E-state index contributed by atoms with van der Waals surface area (Å²) in [5.41, 5.74) is 3.35. The van der Waals surface area contributed by atoms with Crippen molar-refractivity contribution in [1.29, 1.82) is 0 Å². The number of benzene rings is 1. The molecule has 5 heteroatoms. The molecule has 2 rings (SSSR count). The van der Waals surface area contributed by atoms with Crippen LogP contribution < -0.4 is 10.9 Å². The lowest BCUT2D eigenvalue weighted by molar-refractivity contribution is -0.119. The normalized spacial score (nSPS) is 12.1. The Hall–Kier alpha value is -2.82. The van der Waals surface area contributed by atoms with Crippen molar-refractivity contribution < 1.29 is 9.32 Å². The first-order valence-corrected chi connectivity index (χ1v) is 8.78. The highest BCUT2D eigenvalue weighted by molar-refractivity contribution is 5.72. The van der Waals surface area contributed by atoms with Crippen molar-refractivity contribution >= 4 is 5.91 Å². The molecule has 5 nitrogen and oxygen atoms in total. The number of hydrogen-bond acceptors (Lipinski definition) is 3. The molecule has 1 N–H and O–H groups in total. The first-order valence-electron chi connectivity index (χ1n) is 8.78. The van der Waals surface area contributed by atoms with Crippen LogP contribution in [0.5, 0.6) is 0 Å². The second-order valence-electron chi connectivity index (χ2n) is 6.48. The lowest BCUT2D eigenvalue weighted by Crippen LogP contribution is -2.22. The molecule has 0 saturated carbocycles. The molecule has 0 bridgehead atoms. The fraction of sp³-hybridized carbons (Fsp3) is 0.333. The molecule has 0 aliphatic rings. The van der Waals surface area contributed by atoms with Gasteiger partial charge in [-0.05, 0) is 30.4 Å². The Morgan fingerprint density at radius 3 is 2.54 bits per heavy atom. The van der Waals surface area contributed by atoms with Crippen molar-refractivity contribution in [2.45, 2.75) is 40.8 Å². The fourth-order valence-corrected chi connectivity index (χ4v) is 2.61. The van der Waals surface area contributed by atoms with E-state index in [4.69, 9.17) is 4.52 Å². The van der Waals surface area contributed by atoms with Crippen LogP contribution in [0.15, 0.2) is 63.6 Å². The predicted molar refractivity (Wildman–Crippen MR) is 104 cm³/mol. The summed E-state index contributed by atoms with van der Waals surface area (Å²) in [4.78, 5) is 22.9. The van der Waals surface area contributed by atoms with E-state index < -0.39 is 5.63 Å². The van der Waals surface area contributed by atoms with Crippen molar-refractivity contribution in [2.75, 3.05) is 0 Å². The van der Waals surface area contributed by atoms with E-state index in [-0.39, 0.29) is 12.6 Å². The summed E-state index contributed by atoms with van der Waals surface area (Å²) in [5.74, 6) is 0.332. The molecule has 0 aliphatic carbocycles. The summed E-state index contributed by atoms with van der Waals surface area (Å²) in [5, 5.41) is 2.59. The summed E-state index contributed by atoms with van der Waals surface area (Å²) in [6, 6.07) is 7.85. The zero-order chi connectivity index (χ0) is 19.1. The SMILES string of the molecule is C/C=C(\C=C/Cc1ccc(-c2cn(CNC(C)=O)oc2=O)cc1)C(C)C. The van der Waals surface area contributed by atoms with E-state index in [0.29, 0.717) is 11.5 Å². The maximum Gasteiger partial charge on any atom is 0.365 e. The lowest BCUT2D eigenvalue weighted by Gasteiger charge is -2.05. The quantitative estimate of drug-likeness (QED) is 0.767. The molecular formula is C21H26N2O3. The Labute approximate surface area is 154 Å². The number of amides is 1. The van der Waals surface area contributed by atoms with Gasteiger partial charge in [-0.1, -0.05) is 61.9 Å². The summed E-state index contributed by atoms with van der Waals surface area (Å²) in [6.45, 7) is 7.96. The van der Waals surface area contributed by atoms with E-state index in [1.54, 1.807) is 6.20 Å². The largest absolute Gasteiger partial charge is 0.365 e. The van der Waals surface area contributed by atoms with Crippen LogP contribution in [0.4, 0.5) is 0 Å². The van der Waals surface area contributed by atoms with Crippen molar-refractivity contribution in [3.8, 4) is 11.1 Å². The Morgan fingerprint density at radius 2 is 1.96 bits per heavy atom. The third kappa shape index (κ3) is 5.34. The topological polar surface area (TPSA) is 64.2 Å². The number of nitrogens with one attached hydrogen (secondary N) is 1. The fourth-order valence-electron chi connectivity index (χ4n) is 2.61. The second-order valence-corrected chi connectivity index (χ2v) is 6.48. The number of aromatic nitrogens is 1. The van der Waals surface area contributed by atoms with Gasteiger partial charge in [-0.15, -0.1) is 0 Å². The molecule has 0 aliphatic heterocycles. The highest BCUT2D eigenvalue weighted by Gasteiger charge is 2.09. The van der Waals surface area contributed by atoms with Gasteiger partial charge in [-0.2, -0.15) is 4.74 Å². The van der Waals surface area contributed by atoms with E-state index in [2.05, 4.69) is 44.3 Å². The molecule has 1 amide bonds. The van der Waals surface area contributed by atoms with Gasteiger partial charge in [0.25, 0.3) is 0 Å². The third-order valence-corrected chi connectivity index (χ3v) is 4.11. The van der Waals surface area contributed by atoms with E-state index in [1.165, 1.54) is 22.8 Å². The number of carbonyl (C=O) groups excluding carboxylic acids is 1. The van der Waals surface area contributed by atoms with Crippen LogP contribution in [-0.2, 0) is 17.9 Å². The highest BCUT2D eigenvalue weighted by Crippen LogP contribution is 2.17. The smallest absolute Gasteiger partial charge is 0.336 e. The summed E-state index contributed by atoms with van der Waals surface area (Å²) < 4.78 is 6.42. The molecule has 0 unspecified atom stereocenters. The molecule has 0 fully saturated rings. The summed E-state index contributed by atoms with van der Waals surface area (Å²) >= 11 is 0. The summed E-state index contributed by atoms with van der Waals surface area (Å²) in [7, 11) is 0. The zero-order valence-corrected chi connectivity index (χ0v) is 15.8. The second kappa shape index (κ2) is 9.04. The molecule has 1 aromatic carbocycles. The number of hydrogen-bond donors (Lipinski definition) is 1. The van der Waals surface area contributed by atoms with Crippen LogP contribution >= 0.6 is 0 Å². The maximum atomic E-state index is 12.0. The van der Waals surface area contributed by atoms with Crippen LogP contribution in [0.2, 0.25) is 0 Å². The maximum absolute atomic E-state index is 12.0. The molecule has 0 radical (unpaired) electrons. The minimum Gasteiger partial charge on any atom is -0.336 e. The van der Waals surface area contributed by atoms with E-state index in [1.807, 2.05) is 24.3 Å². The molecule has 0 spiro atoms. The van der Waals surface area contributed by atoms with Gasteiger partial charge in [-0.25, -0.2) is 4.79 Å². The number of rotatable bonds is 7. The monoisotopic (exact) mass is 354 g/mol. The van der Waals surface area contributed by atoms with Crippen LogP contribution in [0, 0.1) is 5.92 Å². The highest BCUT2D eigenvalue weighted by atomic mass is 16.5. The molecule has 0 saturated heterocycles. The molecule has 1 heterocycles. The van der Waals surface area contributed by atoms with Crippen molar-refractivity contribution in [2.24, 2.45) is 5.92 Å². The predicted octanol–water partition coefficient (Wildman–Crippen LogP) is 3.90. The standard InChI is InChI=1S/C21H26N2O3/c1-5-18(15(2)3)8-6-7-17-9-11-19(12-10-17)20-13-23(26-21(20)25)14-22-16(4)24/h5-6,8-13,15H,7,14H2,1-4H3,(H,22,24)/b8-6-,18-5+. The number of carbonyl (C=O) groups is 1. The zero-order valence-electron chi connectivity index (χ0n) is 15.8. The number of nitrogens with zero attached hydrogens (tertiary/aromatic N) is 1. The molecule has 0 atom stereocenters. The third-order valence-electron chi connectivity index (χ3n) is 4.11. The van der Waals surface area contributed by atoms with Gasteiger partial charge in [0.05, 0.1) is 11.8 Å². The minimum atomic E-state index is -0.419. The van der Waals surface area contributed by atoms with E-state index >= 15 is 0 Å². The molecule has 26 heavy (non-hydrogen) atoms. The van der Waals surface area contributed by atoms with Gasteiger partial charge in [0.2, 0.25) is 5.91 Å². The Kier molecular flexibility index (Phi) is 6.78. The van der Waals surface area contributed by atoms with Gasteiger partial charge in [0, 0.05) is 6.92 Å². The molecule has 138 valence electrons. The average molecular weight is 354 g/mol. The van der Waals surface area contributed by atoms with Crippen molar-refractivity contribution in [3.05, 3.63) is 70.2 Å². The molecule has 2 aromatic rings. The van der Waals surface area contributed by atoms with Gasteiger partial charge in [0.15, 0.2) is 0 Å². The molecule has 1 aromatic heterocycles. The van der Waals surface area contributed by atoms with Gasteiger partial charge >= 0.3 is 5.63 Å². The van der Waals surface area contributed by atoms with Crippen LogP contribution in [0.3, 0.4) is 0 Å². The van der Waals surface area contributed by atoms with Gasteiger partial charge < -0.3 is 9.84 Å². The number of allylic oxidation sites excluding steroid dienone is 4. The minimum absolute atomic E-state index is 0.135. The Bertz CT molecular complexity index is 852. The van der Waals surface area contributed by atoms with Gasteiger partial charge in [0.1, 0.15) is 6.67 Å². The van der Waals surface area contributed by atoms with Gasteiger partial charge in [-0.3, -0.25) is 4.79 Å². The average Bonchev–Trinajstić information content (AvgIpc) is 2.98. The molecular weight excluding hydrogens is 328 g/mol. The lowest BCUT2D eigenvalue weighted by atomic mass is 10.0. The Balaban J connectivity index is 2.07. The van der Waals surface area contributed by atoms with Crippen molar-refractivity contribution in [1.82, 2.24) is 10.1 Å². The first-order chi connectivity index (χ1) is 12.4. The van der Waals surface area contributed by atoms with E-state index in [9.17, 15) is 9.59 Å². The first kappa shape index (κ1) is 19.5. The van der Waals surface area contributed by atoms with E-state index in [0.717, 1.165) is 12.0 Å². The van der Waals surface area contributed by atoms with Crippen LogP contribution in [0.25, 0.3) is 11.1 Å². The van der Waals surface area contributed by atoms with Crippen LogP contribution in [-0.4, -0.2) is 10.6 Å². The Morgan fingerprint density at radius 1 is 1.27 bits per heavy atom. The van der Waals surface area contributed by atoms with Crippen molar-refractivity contribution in [3.63, 3.8) is 0 Å². The van der Waals surface area contributed by atoms with Crippen LogP contribution in [0.1, 0.15) is 33.3 Å². The summed E-state index contributed by atoms with van der Waals surface area (Å²) in [6.07, 6.45) is 8.89.